The number of benzene rings is 2. The van der Waals surface area contributed by atoms with E-state index in [9.17, 15) is 8.78 Å². The summed E-state index contributed by atoms with van der Waals surface area (Å²) in [6.45, 7) is -1.56. The van der Waals surface area contributed by atoms with Crippen LogP contribution in [0.15, 0.2) is 46.9 Å². The van der Waals surface area contributed by atoms with Crippen molar-refractivity contribution in [1.29, 1.82) is 0 Å². The van der Waals surface area contributed by atoms with Gasteiger partial charge in [0.15, 0.2) is 0 Å². The molecule has 2 aromatic carbocycles. The zero-order valence-corrected chi connectivity index (χ0v) is 13.3. The highest BCUT2D eigenvalue weighted by Crippen LogP contribution is 2.21. The summed E-state index contributed by atoms with van der Waals surface area (Å²) < 4.78 is 29.3. The van der Waals surface area contributed by atoms with Crippen molar-refractivity contribution in [1.82, 2.24) is 5.32 Å². The SMILES string of the molecule is FC(F)Oc1ccc(CNCc2ccc(Br)cc2Cl)cc1. The second kappa shape index (κ2) is 7.73. The third-order valence-electron chi connectivity index (χ3n) is 2.81. The summed E-state index contributed by atoms with van der Waals surface area (Å²) in [4.78, 5) is 0. The van der Waals surface area contributed by atoms with Gasteiger partial charge in [0.05, 0.1) is 0 Å². The lowest BCUT2D eigenvalue weighted by Crippen LogP contribution is -2.13. The molecule has 0 aliphatic heterocycles. The maximum absolute atomic E-state index is 12.0. The fraction of sp³-hybridized carbons (Fsp3) is 0.200. The van der Waals surface area contributed by atoms with E-state index in [1.807, 2.05) is 18.2 Å². The van der Waals surface area contributed by atoms with Crippen molar-refractivity contribution in [3.63, 3.8) is 0 Å². The van der Waals surface area contributed by atoms with Gasteiger partial charge in [-0.1, -0.05) is 45.7 Å². The first-order chi connectivity index (χ1) is 10.0. The summed E-state index contributed by atoms with van der Waals surface area (Å²) in [5.41, 5.74) is 1.97. The van der Waals surface area contributed by atoms with Gasteiger partial charge >= 0.3 is 6.61 Å². The van der Waals surface area contributed by atoms with Crippen LogP contribution in [0, 0.1) is 0 Å². The molecular formula is C15H13BrClF2NO. The Bertz CT molecular complexity index is 593. The first kappa shape index (κ1) is 16.2. The van der Waals surface area contributed by atoms with Gasteiger partial charge in [-0.3, -0.25) is 0 Å². The summed E-state index contributed by atoms with van der Waals surface area (Å²) in [6, 6.07) is 12.3. The molecule has 112 valence electrons. The van der Waals surface area contributed by atoms with Crippen LogP contribution in [0.4, 0.5) is 8.78 Å². The molecule has 0 atom stereocenters. The highest BCUT2D eigenvalue weighted by Gasteiger charge is 2.04. The predicted octanol–water partition coefficient (Wildman–Crippen LogP) is 4.99. The van der Waals surface area contributed by atoms with Crippen molar-refractivity contribution in [2.24, 2.45) is 0 Å². The van der Waals surface area contributed by atoms with Gasteiger partial charge in [-0.15, -0.1) is 0 Å². The average Bonchev–Trinajstić information content (AvgIpc) is 2.42. The van der Waals surface area contributed by atoms with E-state index < -0.39 is 6.61 Å². The maximum Gasteiger partial charge on any atom is 0.387 e. The lowest BCUT2D eigenvalue weighted by Gasteiger charge is -2.08. The molecular weight excluding hydrogens is 364 g/mol. The first-order valence-electron chi connectivity index (χ1n) is 6.23. The van der Waals surface area contributed by atoms with E-state index in [-0.39, 0.29) is 5.75 Å². The highest BCUT2D eigenvalue weighted by atomic mass is 79.9. The molecule has 2 aromatic rings. The van der Waals surface area contributed by atoms with Gasteiger partial charge in [0.1, 0.15) is 5.75 Å². The van der Waals surface area contributed by atoms with Crippen molar-refractivity contribution < 1.29 is 13.5 Å². The molecule has 0 saturated heterocycles. The minimum atomic E-state index is -2.80. The van der Waals surface area contributed by atoms with Crippen LogP contribution in [-0.2, 0) is 13.1 Å². The molecule has 2 nitrogen and oxygen atoms in total. The van der Waals surface area contributed by atoms with Gasteiger partial charge < -0.3 is 10.1 Å². The maximum atomic E-state index is 12.0. The zero-order valence-electron chi connectivity index (χ0n) is 11.0. The summed E-state index contributed by atoms with van der Waals surface area (Å²) in [5.74, 6) is 0.157. The predicted molar refractivity (Wildman–Crippen MR) is 82.8 cm³/mol. The largest absolute Gasteiger partial charge is 0.435 e. The Labute approximate surface area is 135 Å². The molecule has 0 unspecified atom stereocenters. The number of nitrogens with one attached hydrogen (secondary N) is 1. The fourth-order valence-corrected chi connectivity index (χ4v) is 2.54. The van der Waals surface area contributed by atoms with Crippen molar-refractivity contribution in [2.45, 2.75) is 19.7 Å². The number of halogens is 4. The normalized spacial score (nSPS) is 10.9. The molecule has 0 saturated carbocycles. The number of rotatable bonds is 6. The minimum Gasteiger partial charge on any atom is -0.435 e. The molecule has 0 aromatic heterocycles. The Kier molecular flexibility index (Phi) is 5.96. The Morgan fingerprint density at radius 1 is 1.10 bits per heavy atom. The van der Waals surface area contributed by atoms with Crippen LogP contribution in [-0.4, -0.2) is 6.61 Å². The van der Waals surface area contributed by atoms with Crippen molar-refractivity contribution in [3.8, 4) is 5.75 Å². The molecule has 6 heteroatoms. The third kappa shape index (κ3) is 5.26. The van der Waals surface area contributed by atoms with E-state index in [0.29, 0.717) is 18.1 Å². The van der Waals surface area contributed by atoms with Crippen LogP contribution in [0.2, 0.25) is 5.02 Å². The topological polar surface area (TPSA) is 21.3 Å². The molecule has 0 spiro atoms. The lowest BCUT2D eigenvalue weighted by molar-refractivity contribution is -0.0498. The molecule has 2 rings (SSSR count). The standard InChI is InChI=1S/C15H13BrClF2NO/c16-12-4-3-11(14(17)7-12)9-20-8-10-1-5-13(6-2-10)21-15(18)19/h1-7,15,20H,8-9H2. The van der Waals surface area contributed by atoms with Gasteiger partial charge in [-0.25, -0.2) is 0 Å². The Morgan fingerprint density at radius 2 is 1.81 bits per heavy atom. The van der Waals surface area contributed by atoms with Gasteiger partial charge in [-0.2, -0.15) is 8.78 Å². The van der Waals surface area contributed by atoms with Crippen LogP contribution in [0.3, 0.4) is 0 Å². The lowest BCUT2D eigenvalue weighted by atomic mass is 10.2. The summed E-state index contributed by atoms with van der Waals surface area (Å²) in [7, 11) is 0. The summed E-state index contributed by atoms with van der Waals surface area (Å²) in [5, 5.41) is 3.94. The van der Waals surface area contributed by atoms with Crippen molar-refractivity contribution in [3.05, 3.63) is 63.1 Å². The van der Waals surface area contributed by atoms with E-state index >= 15 is 0 Å². The average molecular weight is 377 g/mol. The minimum absolute atomic E-state index is 0.157. The Hall–Kier alpha value is -1.17. The van der Waals surface area contributed by atoms with Crippen molar-refractivity contribution >= 4 is 27.5 Å². The van der Waals surface area contributed by atoms with Crippen LogP contribution >= 0.6 is 27.5 Å². The number of hydrogen-bond acceptors (Lipinski definition) is 2. The Balaban J connectivity index is 1.85. The monoisotopic (exact) mass is 375 g/mol. The van der Waals surface area contributed by atoms with E-state index in [1.165, 1.54) is 12.1 Å². The molecule has 0 heterocycles. The summed E-state index contributed by atoms with van der Waals surface area (Å²) in [6.07, 6.45) is 0. The van der Waals surface area contributed by atoms with E-state index in [2.05, 4.69) is 26.0 Å². The molecule has 0 aliphatic rings. The second-order valence-electron chi connectivity index (χ2n) is 4.36. The van der Waals surface area contributed by atoms with Gasteiger partial charge in [-0.05, 0) is 35.4 Å². The third-order valence-corrected chi connectivity index (χ3v) is 3.65. The summed E-state index contributed by atoms with van der Waals surface area (Å²) >= 11 is 9.48. The van der Waals surface area contributed by atoms with E-state index in [4.69, 9.17) is 11.6 Å². The zero-order chi connectivity index (χ0) is 15.2. The first-order valence-corrected chi connectivity index (χ1v) is 7.40. The van der Waals surface area contributed by atoms with Gasteiger partial charge in [0, 0.05) is 22.6 Å². The molecule has 1 N–H and O–H groups in total. The smallest absolute Gasteiger partial charge is 0.387 e. The fourth-order valence-electron chi connectivity index (χ4n) is 1.80. The molecule has 0 radical (unpaired) electrons. The number of hydrogen-bond donors (Lipinski definition) is 1. The van der Waals surface area contributed by atoms with E-state index in [0.717, 1.165) is 15.6 Å². The van der Waals surface area contributed by atoms with Crippen LogP contribution in [0.25, 0.3) is 0 Å². The van der Waals surface area contributed by atoms with Crippen LogP contribution < -0.4 is 10.1 Å². The number of alkyl halides is 2. The van der Waals surface area contributed by atoms with Crippen LogP contribution in [0.1, 0.15) is 11.1 Å². The Morgan fingerprint density at radius 3 is 2.43 bits per heavy atom. The quantitative estimate of drug-likeness (QED) is 0.766. The highest BCUT2D eigenvalue weighted by molar-refractivity contribution is 9.10. The number of ether oxygens (including phenoxy) is 1. The van der Waals surface area contributed by atoms with Gasteiger partial charge in [0.25, 0.3) is 0 Å². The van der Waals surface area contributed by atoms with Crippen molar-refractivity contribution in [2.75, 3.05) is 0 Å². The molecule has 0 fully saturated rings. The van der Waals surface area contributed by atoms with E-state index in [1.54, 1.807) is 12.1 Å². The molecule has 0 amide bonds. The second-order valence-corrected chi connectivity index (χ2v) is 5.68. The van der Waals surface area contributed by atoms with Crippen LogP contribution in [0.5, 0.6) is 5.75 Å². The molecule has 0 bridgehead atoms. The molecule has 0 aliphatic carbocycles. The van der Waals surface area contributed by atoms with Gasteiger partial charge in [0.2, 0.25) is 0 Å². The molecule has 21 heavy (non-hydrogen) atoms.